The maximum absolute atomic E-state index is 12.1. The van der Waals surface area contributed by atoms with E-state index in [2.05, 4.69) is 5.32 Å². The van der Waals surface area contributed by atoms with E-state index < -0.39 is 18.0 Å². The molecule has 2 aromatic rings. The fourth-order valence-electron chi connectivity index (χ4n) is 2.05. The molecular weight excluding hydrogens is 316 g/mol. The van der Waals surface area contributed by atoms with Crippen LogP contribution in [-0.4, -0.2) is 24.8 Å². The van der Waals surface area contributed by atoms with E-state index in [1.807, 2.05) is 0 Å². The van der Waals surface area contributed by atoms with E-state index in [0.29, 0.717) is 21.9 Å². The first-order valence-corrected chi connectivity index (χ1v) is 7.13. The predicted octanol–water partition coefficient (Wildman–Crippen LogP) is 1.23. The lowest BCUT2D eigenvalue weighted by atomic mass is 10.2. The van der Waals surface area contributed by atoms with Gasteiger partial charge in [-0.3, -0.25) is 4.79 Å². The zero-order chi connectivity index (χ0) is 17.1. The molecule has 0 radical (unpaired) electrons. The van der Waals surface area contributed by atoms with Gasteiger partial charge >= 0.3 is 5.97 Å². The average Bonchev–Trinajstić information content (AvgIpc) is 3.03. The summed E-state index contributed by atoms with van der Waals surface area (Å²) in [5.74, 6) is -0.0409. The molecule has 2 heterocycles. The number of anilines is 1. The van der Waals surface area contributed by atoms with Crippen LogP contribution in [0.2, 0.25) is 0 Å². The highest BCUT2D eigenvalue weighted by atomic mass is 16.7. The molecule has 0 unspecified atom stereocenters. The maximum Gasteiger partial charge on any atom is 0.339 e. The molecule has 24 heavy (non-hydrogen) atoms. The Morgan fingerprint density at radius 3 is 2.67 bits per heavy atom. The number of benzene rings is 1. The van der Waals surface area contributed by atoms with Crippen LogP contribution in [0.5, 0.6) is 11.5 Å². The van der Waals surface area contributed by atoms with Crippen molar-refractivity contribution in [2.24, 2.45) is 0 Å². The van der Waals surface area contributed by atoms with E-state index in [0.717, 1.165) is 0 Å². The molecule has 1 aromatic heterocycles. The van der Waals surface area contributed by atoms with Crippen LogP contribution in [0.25, 0.3) is 0 Å². The fraction of sp³-hybridized carbons (Fsp3) is 0.188. The Morgan fingerprint density at radius 1 is 1.21 bits per heavy atom. The van der Waals surface area contributed by atoms with Gasteiger partial charge < -0.3 is 24.7 Å². The van der Waals surface area contributed by atoms with Gasteiger partial charge in [0.1, 0.15) is 0 Å². The lowest BCUT2D eigenvalue weighted by Gasteiger charge is -2.13. The van der Waals surface area contributed by atoms with E-state index >= 15 is 0 Å². The third-order valence-electron chi connectivity index (χ3n) is 3.33. The van der Waals surface area contributed by atoms with Crippen molar-refractivity contribution >= 4 is 17.6 Å². The average molecular weight is 330 g/mol. The van der Waals surface area contributed by atoms with E-state index in [-0.39, 0.29) is 12.4 Å². The number of rotatable bonds is 4. The van der Waals surface area contributed by atoms with Crippen molar-refractivity contribution in [2.45, 2.75) is 13.0 Å². The van der Waals surface area contributed by atoms with Crippen LogP contribution in [0, 0.1) is 5.21 Å². The number of nitrogens with one attached hydrogen (secondary N) is 1. The van der Waals surface area contributed by atoms with Gasteiger partial charge in [-0.05, 0) is 19.1 Å². The van der Waals surface area contributed by atoms with Crippen LogP contribution < -0.4 is 19.5 Å². The van der Waals surface area contributed by atoms with Crippen LogP contribution >= 0.6 is 0 Å². The largest absolute Gasteiger partial charge is 0.619 e. The van der Waals surface area contributed by atoms with Crippen molar-refractivity contribution in [3.63, 3.8) is 0 Å². The van der Waals surface area contributed by atoms with Crippen LogP contribution in [-0.2, 0) is 9.53 Å². The molecule has 1 aliphatic rings. The third kappa shape index (κ3) is 3.37. The smallest absolute Gasteiger partial charge is 0.339 e. The number of carbonyl (C=O) groups is 2. The number of nitrogens with zero attached hydrogens (tertiary/aromatic N) is 1. The van der Waals surface area contributed by atoms with Crippen molar-refractivity contribution in [2.75, 3.05) is 12.1 Å². The Balaban J connectivity index is 1.60. The van der Waals surface area contributed by atoms with Crippen molar-refractivity contribution in [1.82, 2.24) is 0 Å². The molecule has 0 saturated carbocycles. The monoisotopic (exact) mass is 330 g/mol. The minimum absolute atomic E-state index is 0.140. The fourth-order valence-corrected chi connectivity index (χ4v) is 2.05. The van der Waals surface area contributed by atoms with Gasteiger partial charge in [0.25, 0.3) is 5.91 Å². The summed E-state index contributed by atoms with van der Waals surface area (Å²) >= 11 is 0. The van der Waals surface area contributed by atoms with Crippen LogP contribution in [0.1, 0.15) is 17.3 Å². The van der Waals surface area contributed by atoms with E-state index in [4.69, 9.17) is 14.2 Å². The van der Waals surface area contributed by atoms with Crippen molar-refractivity contribution in [3.8, 4) is 11.5 Å². The number of fused-ring (bicyclic) bond motifs is 1. The van der Waals surface area contributed by atoms with Crippen molar-refractivity contribution in [1.29, 1.82) is 0 Å². The molecule has 0 fully saturated rings. The van der Waals surface area contributed by atoms with Gasteiger partial charge in [0.2, 0.25) is 6.79 Å². The first-order valence-electron chi connectivity index (χ1n) is 7.13. The first kappa shape index (κ1) is 15.6. The number of aromatic nitrogens is 1. The Bertz CT molecular complexity index is 775. The predicted molar refractivity (Wildman–Crippen MR) is 81.5 cm³/mol. The lowest BCUT2D eigenvalue weighted by Crippen LogP contribution is -2.30. The molecular formula is C16H14N2O6. The first-order chi connectivity index (χ1) is 11.5. The minimum atomic E-state index is -1.01. The maximum atomic E-state index is 12.1. The molecule has 0 spiro atoms. The number of amides is 1. The van der Waals surface area contributed by atoms with E-state index in [1.54, 1.807) is 18.2 Å². The molecule has 1 atom stereocenters. The number of carbonyl (C=O) groups excluding carboxylic acids is 2. The highest BCUT2D eigenvalue weighted by Crippen LogP contribution is 2.34. The normalized spacial score (nSPS) is 13.2. The Hall–Kier alpha value is -3.29. The summed E-state index contributed by atoms with van der Waals surface area (Å²) in [6, 6.07) is 7.59. The van der Waals surface area contributed by atoms with Gasteiger partial charge in [-0.2, -0.15) is 4.73 Å². The second-order valence-electron chi connectivity index (χ2n) is 5.05. The Labute approximate surface area is 137 Å². The molecule has 1 N–H and O–H groups in total. The van der Waals surface area contributed by atoms with Gasteiger partial charge in [0.15, 0.2) is 30.0 Å². The van der Waals surface area contributed by atoms with Gasteiger partial charge in [0.05, 0.1) is 5.56 Å². The molecule has 0 aliphatic carbocycles. The quantitative estimate of drug-likeness (QED) is 0.514. The highest BCUT2D eigenvalue weighted by Gasteiger charge is 2.21. The second-order valence-corrected chi connectivity index (χ2v) is 5.05. The molecule has 8 heteroatoms. The SMILES string of the molecule is C[C@H](OC(=O)c1cc[n+]([O-])cc1)C(=O)Nc1ccc2c(c1)OCO2. The third-order valence-corrected chi connectivity index (χ3v) is 3.33. The molecule has 1 aliphatic heterocycles. The number of hydrogen-bond donors (Lipinski definition) is 1. The summed E-state index contributed by atoms with van der Waals surface area (Å²) in [5, 5.41) is 13.6. The zero-order valence-electron chi connectivity index (χ0n) is 12.7. The number of ether oxygens (including phenoxy) is 3. The Kier molecular flexibility index (Phi) is 4.19. The van der Waals surface area contributed by atoms with Crippen molar-refractivity contribution in [3.05, 3.63) is 53.5 Å². The van der Waals surface area contributed by atoms with Gasteiger partial charge in [0, 0.05) is 23.9 Å². The summed E-state index contributed by atoms with van der Waals surface area (Å²) in [6.07, 6.45) is 1.34. The summed E-state index contributed by atoms with van der Waals surface area (Å²) in [4.78, 5) is 24.0. The molecule has 124 valence electrons. The van der Waals surface area contributed by atoms with E-state index in [1.165, 1.54) is 31.5 Å². The molecule has 8 nitrogen and oxygen atoms in total. The second kappa shape index (κ2) is 6.45. The van der Waals surface area contributed by atoms with Crippen molar-refractivity contribution < 1.29 is 28.5 Å². The summed E-state index contributed by atoms with van der Waals surface area (Å²) in [5.41, 5.74) is 0.684. The number of esters is 1. The molecule has 1 amide bonds. The number of hydrogen-bond acceptors (Lipinski definition) is 6. The highest BCUT2D eigenvalue weighted by molar-refractivity contribution is 5.97. The van der Waals surface area contributed by atoms with Crippen LogP contribution in [0.4, 0.5) is 5.69 Å². The Morgan fingerprint density at radius 2 is 1.92 bits per heavy atom. The van der Waals surface area contributed by atoms with Crippen LogP contribution in [0.3, 0.4) is 0 Å². The summed E-state index contributed by atoms with van der Waals surface area (Å²) in [7, 11) is 0. The van der Waals surface area contributed by atoms with Gasteiger partial charge in [-0.25, -0.2) is 4.79 Å². The molecule has 0 saturated heterocycles. The molecule has 3 rings (SSSR count). The number of pyridine rings is 1. The van der Waals surface area contributed by atoms with Gasteiger partial charge in [-0.15, -0.1) is 0 Å². The molecule has 1 aromatic carbocycles. The van der Waals surface area contributed by atoms with Crippen LogP contribution in [0.15, 0.2) is 42.7 Å². The summed E-state index contributed by atoms with van der Waals surface area (Å²) in [6.45, 7) is 1.60. The van der Waals surface area contributed by atoms with E-state index in [9.17, 15) is 14.8 Å². The topological polar surface area (TPSA) is 101 Å². The summed E-state index contributed by atoms with van der Waals surface area (Å²) < 4.78 is 16.0. The standard InChI is InChI=1S/C16H14N2O6/c1-10(24-16(20)11-4-6-18(21)7-5-11)15(19)17-12-2-3-13-14(8-12)23-9-22-13/h2-8,10H,9H2,1H3,(H,17,19)/t10-/m0/s1. The zero-order valence-corrected chi connectivity index (χ0v) is 12.7. The van der Waals surface area contributed by atoms with Gasteiger partial charge in [-0.1, -0.05) is 0 Å². The minimum Gasteiger partial charge on any atom is -0.619 e. The lowest BCUT2D eigenvalue weighted by molar-refractivity contribution is -0.605. The molecule has 0 bridgehead atoms.